The molecule has 1 aliphatic carbocycles. The SMILES string of the molecule is Cc1cccc(-c2nc(=O)n(C[C@H]3CC[C@H](COCC(=O)O)CC3)nc2-c2ccccc2)c1. The molecule has 0 saturated heterocycles. The van der Waals surface area contributed by atoms with E-state index >= 15 is 0 Å². The summed E-state index contributed by atoms with van der Waals surface area (Å²) in [6, 6.07) is 17.8. The summed E-state index contributed by atoms with van der Waals surface area (Å²) >= 11 is 0. The Morgan fingerprint density at radius 2 is 1.70 bits per heavy atom. The van der Waals surface area contributed by atoms with E-state index in [2.05, 4.69) is 4.98 Å². The molecular weight excluding hydrogens is 418 g/mol. The van der Waals surface area contributed by atoms with Crippen molar-refractivity contribution in [3.8, 4) is 22.5 Å². The molecule has 0 aliphatic heterocycles. The lowest BCUT2D eigenvalue weighted by atomic mass is 9.82. The molecule has 1 N–H and O–H groups in total. The summed E-state index contributed by atoms with van der Waals surface area (Å²) in [5.41, 5.74) is 3.88. The summed E-state index contributed by atoms with van der Waals surface area (Å²) in [5.74, 6) is -0.238. The number of carbonyl (C=O) groups is 1. The lowest BCUT2D eigenvalue weighted by molar-refractivity contribution is -0.142. The summed E-state index contributed by atoms with van der Waals surface area (Å²) in [5, 5.41) is 13.5. The van der Waals surface area contributed by atoms with Crippen molar-refractivity contribution in [1.29, 1.82) is 0 Å². The van der Waals surface area contributed by atoms with E-state index in [1.165, 1.54) is 4.68 Å². The van der Waals surface area contributed by atoms with Crippen molar-refractivity contribution >= 4 is 5.97 Å². The first-order valence-corrected chi connectivity index (χ1v) is 11.4. The zero-order chi connectivity index (χ0) is 23.2. The van der Waals surface area contributed by atoms with Crippen molar-refractivity contribution in [2.75, 3.05) is 13.2 Å². The van der Waals surface area contributed by atoms with Gasteiger partial charge in [-0.25, -0.2) is 14.3 Å². The first kappa shape index (κ1) is 22.9. The standard InChI is InChI=1S/C26H29N3O4/c1-18-6-5-9-22(14-18)24-25(21-7-3-2-4-8-21)28-29(26(32)27-24)15-19-10-12-20(13-11-19)16-33-17-23(30)31/h2-9,14,19-20H,10-13,15-17H2,1H3,(H,30,31)/t19-,20-. The molecule has 33 heavy (non-hydrogen) atoms. The smallest absolute Gasteiger partial charge is 0.364 e. The highest BCUT2D eigenvalue weighted by Gasteiger charge is 2.23. The minimum atomic E-state index is -0.940. The Morgan fingerprint density at radius 3 is 2.39 bits per heavy atom. The molecule has 0 unspecified atom stereocenters. The van der Waals surface area contributed by atoms with Crippen LogP contribution in [-0.2, 0) is 16.1 Å². The molecule has 7 heteroatoms. The van der Waals surface area contributed by atoms with Crippen LogP contribution >= 0.6 is 0 Å². The van der Waals surface area contributed by atoms with E-state index in [1.807, 2.05) is 61.5 Å². The van der Waals surface area contributed by atoms with Crippen LogP contribution in [-0.4, -0.2) is 39.1 Å². The van der Waals surface area contributed by atoms with Gasteiger partial charge in [-0.3, -0.25) is 0 Å². The molecule has 0 atom stereocenters. The lowest BCUT2D eigenvalue weighted by Crippen LogP contribution is -2.31. The first-order chi connectivity index (χ1) is 16.0. The molecule has 172 valence electrons. The van der Waals surface area contributed by atoms with Gasteiger partial charge >= 0.3 is 11.7 Å². The van der Waals surface area contributed by atoms with Crippen LogP contribution in [0.15, 0.2) is 59.4 Å². The number of hydrogen-bond acceptors (Lipinski definition) is 5. The van der Waals surface area contributed by atoms with Gasteiger partial charge in [0.25, 0.3) is 0 Å². The number of aryl methyl sites for hydroxylation is 1. The summed E-state index contributed by atoms with van der Waals surface area (Å²) in [4.78, 5) is 28.0. The number of aliphatic carboxylic acids is 1. The van der Waals surface area contributed by atoms with Gasteiger partial charge in [0.15, 0.2) is 0 Å². The number of benzene rings is 2. The average Bonchev–Trinajstić information content (AvgIpc) is 2.81. The topological polar surface area (TPSA) is 94.3 Å². The zero-order valence-corrected chi connectivity index (χ0v) is 18.8. The van der Waals surface area contributed by atoms with E-state index in [9.17, 15) is 9.59 Å². The van der Waals surface area contributed by atoms with Crippen LogP contribution in [0, 0.1) is 18.8 Å². The Kier molecular flexibility index (Phi) is 7.29. The van der Waals surface area contributed by atoms with Crippen LogP contribution in [0.1, 0.15) is 31.2 Å². The van der Waals surface area contributed by atoms with Crippen LogP contribution in [0.3, 0.4) is 0 Å². The number of carboxylic acids is 1. The zero-order valence-electron chi connectivity index (χ0n) is 18.8. The van der Waals surface area contributed by atoms with Gasteiger partial charge < -0.3 is 9.84 Å². The van der Waals surface area contributed by atoms with Crippen molar-refractivity contribution < 1.29 is 14.6 Å². The molecule has 1 saturated carbocycles. The fourth-order valence-electron chi connectivity index (χ4n) is 4.46. The molecule has 1 heterocycles. The summed E-state index contributed by atoms with van der Waals surface area (Å²) in [6.45, 7) is 2.77. The molecule has 2 aromatic carbocycles. The minimum Gasteiger partial charge on any atom is -0.480 e. The monoisotopic (exact) mass is 447 g/mol. The summed E-state index contributed by atoms with van der Waals surface area (Å²) in [7, 11) is 0. The highest BCUT2D eigenvalue weighted by Crippen LogP contribution is 2.31. The molecule has 4 rings (SSSR count). The quantitative estimate of drug-likeness (QED) is 0.556. The van der Waals surface area contributed by atoms with Crippen LogP contribution in [0.5, 0.6) is 0 Å². The maximum Gasteiger partial charge on any atom is 0.364 e. The van der Waals surface area contributed by atoms with Gasteiger partial charge in [0.05, 0.1) is 6.61 Å². The van der Waals surface area contributed by atoms with E-state index in [0.29, 0.717) is 36.4 Å². The van der Waals surface area contributed by atoms with E-state index in [0.717, 1.165) is 42.4 Å². The summed E-state index contributed by atoms with van der Waals surface area (Å²) < 4.78 is 6.77. The van der Waals surface area contributed by atoms with Crippen LogP contribution < -0.4 is 5.69 Å². The second kappa shape index (κ2) is 10.5. The summed E-state index contributed by atoms with van der Waals surface area (Å²) in [6.07, 6.45) is 3.82. The second-order valence-electron chi connectivity index (χ2n) is 8.80. The number of rotatable bonds is 8. The maximum absolute atomic E-state index is 12.9. The van der Waals surface area contributed by atoms with Crippen molar-refractivity contribution in [3.63, 3.8) is 0 Å². The molecule has 0 amide bonds. The van der Waals surface area contributed by atoms with Crippen molar-refractivity contribution in [3.05, 3.63) is 70.6 Å². The Bertz CT molecular complexity index is 1150. The third-order valence-electron chi connectivity index (χ3n) is 6.19. The van der Waals surface area contributed by atoms with Crippen molar-refractivity contribution in [2.45, 2.75) is 39.2 Å². The third-order valence-corrected chi connectivity index (χ3v) is 6.19. The highest BCUT2D eigenvalue weighted by atomic mass is 16.5. The van der Waals surface area contributed by atoms with Crippen LogP contribution in [0.25, 0.3) is 22.5 Å². The number of hydrogen-bond donors (Lipinski definition) is 1. The van der Waals surface area contributed by atoms with Gasteiger partial charge in [-0.15, -0.1) is 0 Å². The van der Waals surface area contributed by atoms with Gasteiger partial charge in [0.2, 0.25) is 0 Å². The fourth-order valence-corrected chi connectivity index (χ4v) is 4.46. The predicted molar refractivity (Wildman–Crippen MR) is 126 cm³/mol. The molecule has 1 aromatic heterocycles. The van der Waals surface area contributed by atoms with E-state index in [-0.39, 0.29) is 12.3 Å². The minimum absolute atomic E-state index is 0.250. The van der Waals surface area contributed by atoms with Gasteiger partial charge in [0, 0.05) is 17.7 Å². The maximum atomic E-state index is 12.9. The number of carboxylic acid groups (broad SMARTS) is 1. The molecule has 3 aromatic rings. The average molecular weight is 448 g/mol. The molecule has 0 radical (unpaired) electrons. The highest BCUT2D eigenvalue weighted by molar-refractivity contribution is 5.77. The number of aromatic nitrogens is 3. The van der Waals surface area contributed by atoms with Crippen LogP contribution in [0.4, 0.5) is 0 Å². The van der Waals surface area contributed by atoms with Crippen molar-refractivity contribution in [2.24, 2.45) is 11.8 Å². The van der Waals surface area contributed by atoms with E-state index in [4.69, 9.17) is 14.9 Å². The Hall–Kier alpha value is -3.32. The van der Waals surface area contributed by atoms with Crippen LogP contribution in [0.2, 0.25) is 0 Å². The van der Waals surface area contributed by atoms with Crippen molar-refractivity contribution in [1.82, 2.24) is 14.8 Å². The van der Waals surface area contributed by atoms with Gasteiger partial charge in [-0.05, 0) is 50.5 Å². The Morgan fingerprint density at radius 1 is 1.00 bits per heavy atom. The van der Waals surface area contributed by atoms with E-state index < -0.39 is 5.97 Å². The van der Waals surface area contributed by atoms with Gasteiger partial charge in [0.1, 0.15) is 18.0 Å². The second-order valence-corrected chi connectivity index (χ2v) is 8.80. The number of nitrogens with zero attached hydrogens (tertiary/aromatic N) is 3. The number of ether oxygens (including phenoxy) is 1. The molecule has 0 spiro atoms. The molecule has 1 aliphatic rings. The lowest BCUT2D eigenvalue weighted by Gasteiger charge is -2.28. The predicted octanol–water partition coefficient (Wildman–Crippen LogP) is 4.19. The third kappa shape index (κ3) is 5.93. The Labute approximate surface area is 193 Å². The first-order valence-electron chi connectivity index (χ1n) is 11.4. The Balaban J connectivity index is 1.54. The van der Waals surface area contributed by atoms with Gasteiger partial charge in [-0.2, -0.15) is 10.1 Å². The van der Waals surface area contributed by atoms with Gasteiger partial charge in [-0.1, -0.05) is 54.1 Å². The van der Waals surface area contributed by atoms with E-state index in [1.54, 1.807) is 0 Å². The normalized spacial score (nSPS) is 18.2. The largest absolute Gasteiger partial charge is 0.480 e. The molecule has 1 fully saturated rings. The molecule has 0 bridgehead atoms. The fraction of sp³-hybridized carbons (Fsp3) is 0.385. The molecular formula is C26H29N3O4. The molecule has 7 nitrogen and oxygen atoms in total.